The lowest BCUT2D eigenvalue weighted by Crippen LogP contribution is -2.66. The Morgan fingerprint density at radius 1 is 1.26 bits per heavy atom. The average Bonchev–Trinajstić information content (AvgIpc) is 3.60. The molecule has 0 saturated carbocycles. The highest BCUT2D eigenvalue weighted by Gasteiger charge is 2.66. The van der Waals surface area contributed by atoms with Crippen LogP contribution in [0.2, 0.25) is 0 Å². The number of ether oxygens (including phenoxy) is 1. The van der Waals surface area contributed by atoms with Crippen molar-refractivity contribution in [1.29, 1.82) is 0 Å². The zero-order chi connectivity index (χ0) is 28.0. The monoisotopic (exact) mass is 556 g/mol. The van der Waals surface area contributed by atoms with E-state index in [-0.39, 0.29) is 42.4 Å². The molecule has 2 atom stereocenters. The first-order valence-electron chi connectivity index (χ1n) is 12.3. The Morgan fingerprint density at radius 2 is 2.05 bits per heavy atom. The summed E-state index contributed by atoms with van der Waals surface area (Å²) in [5, 5.41) is 0. The van der Waals surface area contributed by atoms with Gasteiger partial charge in [0.1, 0.15) is 33.3 Å². The number of nitrogens with two attached hydrogens (primary N) is 1. The molecule has 13 heteroatoms. The van der Waals surface area contributed by atoms with E-state index in [2.05, 4.69) is 15.0 Å². The molecule has 206 valence electrons. The molecule has 2 aromatic heterocycles. The maximum atomic E-state index is 15.6. The third-order valence-corrected chi connectivity index (χ3v) is 10.4. The molecule has 1 saturated heterocycles. The second-order valence-electron chi connectivity index (χ2n) is 9.93. The van der Waals surface area contributed by atoms with Gasteiger partial charge in [0.15, 0.2) is 12.2 Å². The molecule has 0 unspecified atom stereocenters. The van der Waals surface area contributed by atoms with Crippen LogP contribution < -0.4 is 10.5 Å². The van der Waals surface area contributed by atoms with Crippen molar-refractivity contribution in [1.82, 2.24) is 19.2 Å². The molecule has 1 aromatic carbocycles. The lowest BCUT2D eigenvalue weighted by Gasteiger charge is -2.48. The molecule has 2 aliphatic rings. The summed E-state index contributed by atoms with van der Waals surface area (Å²) in [5.74, 6) is -0.0622. The molecular formula is C26H29FN6O5S. The number of aliphatic imine (C=N–C) groups is 1. The minimum absolute atomic E-state index is 0.0524. The second kappa shape index (κ2) is 9.72. The molecule has 11 nitrogen and oxygen atoms in total. The minimum atomic E-state index is -4.09. The third-order valence-electron chi connectivity index (χ3n) is 7.75. The van der Waals surface area contributed by atoms with E-state index >= 15 is 4.39 Å². The lowest BCUT2D eigenvalue weighted by molar-refractivity contribution is 0.0988. The summed E-state index contributed by atoms with van der Waals surface area (Å²) in [7, 11) is -1.24. The highest BCUT2D eigenvalue weighted by atomic mass is 32.2. The van der Waals surface area contributed by atoms with E-state index in [4.69, 9.17) is 14.9 Å². The molecular weight excluding hydrogens is 527 g/mol. The highest BCUT2D eigenvalue weighted by molar-refractivity contribution is 7.91. The van der Waals surface area contributed by atoms with Gasteiger partial charge in [0, 0.05) is 32.1 Å². The number of halogens is 1. The average molecular weight is 557 g/mol. The zero-order valence-electron chi connectivity index (χ0n) is 21.8. The standard InChI is InChI=1S/C26H29FN6O5S/c1-25(20-10-17(4-6-21(20)27)11-23(34)22-7-5-18(37-3)13-30-22)26(39(35,36)32(2)24(28)31-25)8-9-33(15-26)14-19-12-29-16-38-19/h4-7,10,12-13,16H,8-9,11,14-15H2,1-3H3,(H2,28,31)/t25-,26+/m1/s1. The van der Waals surface area contributed by atoms with Crippen LogP contribution in [0.3, 0.4) is 0 Å². The molecule has 1 spiro atoms. The van der Waals surface area contributed by atoms with Crippen LogP contribution >= 0.6 is 0 Å². The Kier molecular flexibility index (Phi) is 6.67. The number of ketones is 1. The van der Waals surface area contributed by atoms with Crippen LogP contribution in [-0.2, 0) is 28.5 Å². The van der Waals surface area contributed by atoms with Gasteiger partial charge in [-0.3, -0.25) is 9.69 Å². The maximum absolute atomic E-state index is 15.6. The van der Waals surface area contributed by atoms with Crippen molar-refractivity contribution in [2.45, 2.75) is 36.6 Å². The van der Waals surface area contributed by atoms with Crippen LogP contribution in [-0.4, -0.2) is 71.3 Å². The summed E-state index contributed by atoms with van der Waals surface area (Å²) in [5.41, 5.74) is 5.29. The van der Waals surface area contributed by atoms with Crippen LogP contribution in [0.1, 0.15) is 40.7 Å². The predicted molar refractivity (Wildman–Crippen MR) is 140 cm³/mol. The van der Waals surface area contributed by atoms with Gasteiger partial charge in [0.2, 0.25) is 16.0 Å². The molecule has 5 rings (SSSR count). The molecule has 2 N–H and O–H groups in total. The van der Waals surface area contributed by atoms with Crippen LogP contribution in [0.5, 0.6) is 5.75 Å². The van der Waals surface area contributed by atoms with E-state index in [9.17, 15) is 13.2 Å². The number of aromatic nitrogens is 2. The maximum Gasteiger partial charge on any atom is 0.247 e. The number of benzene rings is 1. The van der Waals surface area contributed by atoms with Gasteiger partial charge >= 0.3 is 0 Å². The number of hydrogen-bond acceptors (Lipinski definition) is 10. The van der Waals surface area contributed by atoms with E-state index in [0.29, 0.717) is 30.2 Å². The summed E-state index contributed by atoms with van der Waals surface area (Å²) < 4.78 is 53.5. The molecule has 0 radical (unpaired) electrons. The molecule has 39 heavy (non-hydrogen) atoms. The van der Waals surface area contributed by atoms with Gasteiger partial charge in [0.25, 0.3) is 0 Å². The van der Waals surface area contributed by atoms with E-state index in [1.54, 1.807) is 25.3 Å². The second-order valence-corrected chi connectivity index (χ2v) is 12.2. The largest absolute Gasteiger partial charge is 0.495 e. The Morgan fingerprint density at radius 3 is 2.72 bits per heavy atom. The number of methoxy groups -OCH3 is 1. The molecule has 0 amide bonds. The first kappa shape index (κ1) is 26.8. The van der Waals surface area contributed by atoms with Gasteiger partial charge in [-0.15, -0.1) is 0 Å². The number of sulfonamides is 1. The minimum Gasteiger partial charge on any atom is -0.495 e. The van der Waals surface area contributed by atoms with Crippen molar-refractivity contribution in [2.24, 2.45) is 10.7 Å². The number of carbonyl (C=O) groups is 1. The smallest absolute Gasteiger partial charge is 0.247 e. The normalized spacial score (nSPS) is 24.6. The topological polar surface area (TPSA) is 144 Å². The Hall–Kier alpha value is -3.84. The van der Waals surface area contributed by atoms with Gasteiger partial charge in [-0.05, 0) is 43.2 Å². The summed E-state index contributed by atoms with van der Waals surface area (Å²) in [6, 6.07) is 7.42. The highest BCUT2D eigenvalue weighted by Crippen LogP contribution is 2.51. The number of nitrogens with zero attached hydrogens (tertiary/aromatic N) is 5. The van der Waals surface area contributed by atoms with Crippen molar-refractivity contribution in [3.63, 3.8) is 0 Å². The van der Waals surface area contributed by atoms with E-state index in [1.165, 1.54) is 44.9 Å². The summed E-state index contributed by atoms with van der Waals surface area (Å²) in [4.78, 5) is 27.5. The van der Waals surface area contributed by atoms with Crippen LogP contribution in [0.4, 0.5) is 4.39 Å². The number of pyridine rings is 1. The lowest BCUT2D eigenvalue weighted by atomic mass is 9.77. The number of hydrogen-bond donors (Lipinski definition) is 1. The first-order valence-corrected chi connectivity index (χ1v) is 13.7. The SMILES string of the molecule is COc1ccc(C(=O)Cc2ccc(F)c([C@@]3(C)N=C(N)N(C)S(=O)(=O)[C@]34CCN(Cc3cnco3)C4)c2)nc1. The van der Waals surface area contributed by atoms with Gasteiger partial charge < -0.3 is 14.9 Å². The van der Waals surface area contributed by atoms with Gasteiger partial charge in [-0.2, -0.15) is 0 Å². The number of likely N-dealkylation sites (tertiary alicyclic amines) is 1. The van der Waals surface area contributed by atoms with E-state index in [1.807, 2.05) is 4.90 Å². The number of carbonyl (C=O) groups excluding carboxylic acids is 1. The fraction of sp³-hybridized carbons (Fsp3) is 0.385. The Bertz CT molecular complexity index is 1530. The van der Waals surface area contributed by atoms with Gasteiger partial charge in [-0.25, -0.2) is 32.1 Å². The summed E-state index contributed by atoms with van der Waals surface area (Å²) in [6.07, 6.45) is 4.43. The van der Waals surface area contributed by atoms with Crippen molar-refractivity contribution >= 4 is 21.8 Å². The van der Waals surface area contributed by atoms with E-state index < -0.39 is 26.1 Å². The quantitative estimate of drug-likeness (QED) is 0.433. The number of rotatable bonds is 7. The number of oxazole rings is 1. The fourth-order valence-corrected chi connectivity index (χ4v) is 7.65. The number of Topliss-reactive ketones (excluding diaryl/α,β-unsaturated/α-hetero) is 1. The summed E-state index contributed by atoms with van der Waals surface area (Å²) in [6.45, 7) is 2.40. The van der Waals surface area contributed by atoms with Crippen molar-refractivity contribution in [2.75, 3.05) is 27.2 Å². The summed E-state index contributed by atoms with van der Waals surface area (Å²) >= 11 is 0. The Labute approximate surface area is 225 Å². The molecule has 2 aliphatic heterocycles. The first-order chi connectivity index (χ1) is 18.5. The predicted octanol–water partition coefficient (Wildman–Crippen LogP) is 2.09. The van der Waals surface area contributed by atoms with Gasteiger partial charge in [-0.1, -0.05) is 6.07 Å². The number of guanidine groups is 1. The Balaban J connectivity index is 1.54. The fourth-order valence-electron chi connectivity index (χ4n) is 5.48. The molecule has 4 heterocycles. The van der Waals surface area contributed by atoms with Crippen LogP contribution in [0, 0.1) is 5.82 Å². The van der Waals surface area contributed by atoms with Crippen LogP contribution in [0.15, 0.2) is 58.5 Å². The van der Waals surface area contributed by atoms with Crippen molar-refractivity contribution < 1.29 is 26.8 Å². The van der Waals surface area contributed by atoms with Gasteiger partial charge in [0.05, 0.1) is 26.0 Å². The third kappa shape index (κ3) is 4.35. The van der Waals surface area contributed by atoms with Crippen LogP contribution in [0.25, 0.3) is 0 Å². The zero-order valence-corrected chi connectivity index (χ0v) is 22.6. The molecule has 0 aliphatic carbocycles. The van der Waals surface area contributed by atoms with E-state index in [0.717, 1.165) is 4.31 Å². The molecule has 3 aromatic rings. The molecule has 1 fully saturated rings. The molecule has 0 bridgehead atoms. The van der Waals surface area contributed by atoms with Crippen molar-refractivity contribution in [3.05, 3.63) is 77.5 Å². The van der Waals surface area contributed by atoms with Crippen molar-refractivity contribution in [3.8, 4) is 5.75 Å².